The Labute approximate surface area is 110 Å². The molecule has 1 aromatic heterocycles. The summed E-state index contributed by atoms with van der Waals surface area (Å²) in [6.07, 6.45) is 2.56. The number of rotatable bonds is 2. The Morgan fingerprint density at radius 1 is 1.22 bits per heavy atom. The molecule has 0 radical (unpaired) electrons. The molecule has 1 aromatic carbocycles. The number of benzene rings is 1. The van der Waals surface area contributed by atoms with Crippen LogP contribution >= 0.6 is 11.6 Å². The SMILES string of the molecule is OC1CCc2ncnc(Nc3ccc(Cl)cc3)c21. The van der Waals surface area contributed by atoms with E-state index in [0.29, 0.717) is 17.3 Å². The van der Waals surface area contributed by atoms with Gasteiger partial charge in [-0.05, 0) is 37.1 Å². The smallest absolute Gasteiger partial charge is 0.139 e. The highest BCUT2D eigenvalue weighted by atomic mass is 35.5. The van der Waals surface area contributed by atoms with Gasteiger partial charge in [0.2, 0.25) is 0 Å². The third-order valence-electron chi connectivity index (χ3n) is 3.06. The molecule has 0 saturated heterocycles. The molecule has 1 atom stereocenters. The van der Waals surface area contributed by atoms with Crippen LogP contribution in [0, 0.1) is 0 Å². The summed E-state index contributed by atoms with van der Waals surface area (Å²) in [5.74, 6) is 0.673. The van der Waals surface area contributed by atoms with Crippen LogP contribution < -0.4 is 5.32 Å². The first-order valence-corrected chi connectivity index (χ1v) is 6.16. The van der Waals surface area contributed by atoms with E-state index in [-0.39, 0.29) is 0 Å². The minimum Gasteiger partial charge on any atom is -0.388 e. The predicted molar refractivity (Wildman–Crippen MR) is 70.0 cm³/mol. The molecule has 18 heavy (non-hydrogen) atoms. The van der Waals surface area contributed by atoms with E-state index in [4.69, 9.17) is 11.6 Å². The van der Waals surface area contributed by atoms with Gasteiger partial charge in [0.05, 0.1) is 11.8 Å². The zero-order chi connectivity index (χ0) is 12.5. The van der Waals surface area contributed by atoms with Gasteiger partial charge in [0.25, 0.3) is 0 Å². The molecule has 4 nitrogen and oxygen atoms in total. The van der Waals surface area contributed by atoms with Crippen molar-refractivity contribution in [3.8, 4) is 0 Å². The molecule has 1 unspecified atom stereocenters. The van der Waals surface area contributed by atoms with Crippen LogP contribution in [0.1, 0.15) is 23.8 Å². The number of fused-ring (bicyclic) bond motifs is 1. The average molecular weight is 262 g/mol. The molecule has 0 bridgehead atoms. The van der Waals surface area contributed by atoms with Crippen LogP contribution in [0.15, 0.2) is 30.6 Å². The third-order valence-corrected chi connectivity index (χ3v) is 3.31. The lowest BCUT2D eigenvalue weighted by Gasteiger charge is -2.11. The number of aryl methyl sites for hydroxylation is 1. The molecule has 0 amide bonds. The minimum atomic E-state index is -0.476. The van der Waals surface area contributed by atoms with Crippen molar-refractivity contribution in [3.05, 3.63) is 46.9 Å². The lowest BCUT2D eigenvalue weighted by molar-refractivity contribution is 0.180. The van der Waals surface area contributed by atoms with Gasteiger partial charge in [-0.3, -0.25) is 0 Å². The summed E-state index contributed by atoms with van der Waals surface area (Å²) in [6.45, 7) is 0. The van der Waals surface area contributed by atoms with Crippen LogP contribution in [-0.4, -0.2) is 15.1 Å². The molecule has 0 fully saturated rings. The van der Waals surface area contributed by atoms with Crippen molar-refractivity contribution >= 4 is 23.1 Å². The molecule has 0 spiro atoms. The molecule has 92 valence electrons. The highest BCUT2D eigenvalue weighted by Crippen LogP contribution is 2.35. The molecule has 1 aliphatic carbocycles. The molecule has 1 heterocycles. The van der Waals surface area contributed by atoms with Gasteiger partial charge in [0.15, 0.2) is 0 Å². The lowest BCUT2D eigenvalue weighted by atomic mass is 10.2. The van der Waals surface area contributed by atoms with Gasteiger partial charge < -0.3 is 10.4 Å². The van der Waals surface area contributed by atoms with E-state index in [1.807, 2.05) is 24.3 Å². The first-order chi connectivity index (χ1) is 8.74. The van der Waals surface area contributed by atoms with Crippen LogP contribution in [-0.2, 0) is 6.42 Å². The van der Waals surface area contributed by atoms with E-state index >= 15 is 0 Å². The zero-order valence-electron chi connectivity index (χ0n) is 9.60. The molecular weight excluding hydrogens is 250 g/mol. The lowest BCUT2D eigenvalue weighted by Crippen LogP contribution is -2.03. The van der Waals surface area contributed by atoms with Gasteiger partial charge in [0, 0.05) is 16.3 Å². The Bertz CT molecular complexity index is 571. The fourth-order valence-electron chi connectivity index (χ4n) is 2.17. The van der Waals surface area contributed by atoms with Crippen molar-refractivity contribution in [3.63, 3.8) is 0 Å². The summed E-state index contributed by atoms with van der Waals surface area (Å²) in [5, 5.41) is 13.8. The molecule has 0 aliphatic heterocycles. The normalized spacial score (nSPS) is 17.6. The van der Waals surface area contributed by atoms with Crippen LogP contribution in [0.5, 0.6) is 0 Å². The number of nitrogens with zero attached hydrogens (tertiary/aromatic N) is 2. The molecule has 2 N–H and O–H groups in total. The average Bonchev–Trinajstić information content (AvgIpc) is 2.75. The monoisotopic (exact) mass is 261 g/mol. The molecule has 1 aliphatic rings. The van der Waals surface area contributed by atoms with Gasteiger partial charge in [-0.25, -0.2) is 9.97 Å². The first kappa shape index (κ1) is 11.4. The van der Waals surface area contributed by atoms with E-state index in [1.165, 1.54) is 6.33 Å². The van der Waals surface area contributed by atoms with Gasteiger partial charge in [-0.2, -0.15) is 0 Å². The van der Waals surface area contributed by atoms with E-state index in [1.54, 1.807) is 0 Å². The summed E-state index contributed by atoms with van der Waals surface area (Å²) >= 11 is 5.84. The molecular formula is C13H12ClN3O. The Balaban J connectivity index is 1.94. The standard InChI is InChI=1S/C13H12ClN3O/c14-8-1-3-9(4-2-8)17-13-12-10(15-7-16-13)5-6-11(12)18/h1-4,7,11,18H,5-6H2,(H,15,16,17). The van der Waals surface area contributed by atoms with Gasteiger partial charge in [-0.15, -0.1) is 0 Å². The second-order valence-corrected chi connectivity index (χ2v) is 4.71. The summed E-state index contributed by atoms with van der Waals surface area (Å²) < 4.78 is 0. The maximum Gasteiger partial charge on any atom is 0.139 e. The summed E-state index contributed by atoms with van der Waals surface area (Å²) in [7, 11) is 0. The quantitative estimate of drug-likeness (QED) is 0.873. The van der Waals surface area contributed by atoms with Crippen LogP contribution in [0.3, 0.4) is 0 Å². The summed E-state index contributed by atoms with van der Waals surface area (Å²) in [6, 6.07) is 7.36. The second kappa shape index (κ2) is 4.55. The number of nitrogens with one attached hydrogen (secondary N) is 1. The minimum absolute atomic E-state index is 0.476. The largest absolute Gasteiger partial charge is 0.388 e. The van der Waals surface area contributed by atoms with E-state index < -0.39 is 6.10 Å². The number of aliphatic hydroxyl groups excluding tert-OH is 1. The number of hydrogen-bond donors (Lipinski definition) is 2. The van der Waals surface area contributed by atoms with Crippen molar-refractivity contribution in [1.82, 2.24) is 9.97 Å². The fourth-order valence-corrected chi connectivity index (χ4v) is 2.29. The van der Waals surface area contributed by atoms with Gasteiger partial charge in [-0.1, -0.05) is 11.6 Å². The van der Waals surface area contributed by atoms with Crippen molar-refractivity contribution in [2.24, 2.45) is 0 Å². The van der Waals surface area contributed by atoms with E-state index in [2.05, 4.69) is 15.3 Å². The second-order valence-electron chi connectivity index (χ2n) is 4.27. The molecule has 5 heteroatoms. The molecule has 0 saturated carbocycles. The van der Waals surface area contributed by atoms with E-state index in [9.17, 15) is 5.11 Å². The molecule has 3 rings (SSSR count). The van der Waals surface area contributed by atoms with Crippen LogP contribution in [0.25, 0.3) is 0 Å². The molecule has 2 aromatic rings. The maximum atomic E-state index is 9.94. The van der Waals surface area contributed by atoms with Crippen LogP contribution in [0.4, 0.5) is 11.5 Å². The number of hydrogen-bond acceptors (Lipinski definition) is 4. The predicted octanol–water partition coefficient (Wildman–Crippen LogP) is 2.85. The Hall–Kier alpha value is -1.65. The topological polar surface area (TPSA) is 58.0 Å². The number of aliphatic hydroxyl groups is 1. The van der Waals surface area contributed by atoms with Crippen molar-refractivity contribution < 1.29 is 5.11 Å². The van der Waals surface area contributed by atoms with E-state index in [0.717, 1.165) is 23.4 Å². The highest BCUT2D eigenvalue weighted by Gasteiger charge is 2.25. The fraction of sp³-hybridized carbons (Fsp3) is 0.231. The van der Waals surface area contributed by atoms with Crippen molar-refractivity contribution in [1.29, 1.82) is 0 Å². The third kappa shape index (κ3) is 2.05. The Morgan fingerprint density at radius 2 is 2.00 bits per heavy atom. The van der Waals surface area contributed by atoms with Crippen molar-refractivity contribution in [2.75, 3.05) is 5.32 Å². The zero-order valence-corrected chi connectivity index (χ0v) is 10.4. The summed E-state index contributed by atoms with van der Waals surface area (Å²) in [5.41, 5.74) is 2.63. The maximum absolute atomic E-state index is 9.94. The van der Waals surface area contributed by atoms with Gasteiger partial charge in [0.1, 0.15) is 12.1 Å². The van der Waals surface area contributed by atoms with Crippen molar-refractivity contribution in [2.45, 2.75) is 18.9 Å². The number of aromatic nitrogens is 2. The number of anilines is 2. The first-order valence-electron chi connectivity index (χ1n) is 5.78. The Morgan fingerprint density at radius 3 is 2.78 bits per heavy atom. The van der Waals surface area contributed by atoms with Gasteiger partial charge >= 0.3 is 0 Å². The number of halogens is 1. The highest BCUT2D eigenvalue weighted by molar-refractivity contribution is 6.30. The Kier molecular flexibility index (Phi) is 2.89. The summed E-state index contributed by atoms with van der Waals surface area (Å²) in [4.78, 5) is 8.40. The van der Waals surface area contributed by atoms with Crippen LogP contribution in [0.2, 0.25) is 5.02 Å².